The maximum Gasteiger partial charge on any atom is 0.319 e. The molecule has 2 N–H and O–H groups in total. The number of para-hydroxylation sites is 1. The van der Waals surface area contributed by atoms with Gasteiger partial charge in [-0.2, -0.15) is 0 Å². The van der Waals surface area contributed by atoms with Gasteiger partial charge in [0.2, 0.25) is 0 Å². The van der Waals surface area contributed by atoms with Crippen LogP contribution in [-0.2, 0) is 4.74 Å². The smallest absolute Gasteiger partial charge is 0.319 e. The van der Waals surface area contributed by atoms with Gasteiger partial charge in [-0.05, 0) is 61.4 Å². The van der Waals surface area contributed by atoms with Crippen LogP contribution in [0.2, 0.25) is 0 Å². The zero-order valence-corrected chi connectivity index (χ0v) is 20.4. The molecule has 2 heterocycles. The molecule has 2 amide bonds. The minimum Gasteiger partial charge on any atom is -0.378 e. The summed E-state index contributed by atoms with van der Waals surface area (Å²) in [6.07, 6.45) is 8.97. The molecule has 3 aromatic rings. The Morgan fingerprint density at radius 1 is 0.972 bits per heavy atom. The van der Waals surface area contributed by atoms with Crippen molar-refractivity contribution < 1.29 is 14.3 Å². The Balaban J connectivity index is 1.25. The van der Waals surface area contributed by atoms with Crippen LogP contribution in [0.1, 0.15) is 48.2 Å². The quantitative estimate of drug-likeness (QED) is 0.360. The summed E-state index contributed by atoms with van der Waals surface area (Å²) in [4.78, 5) is 32.1. The highest BCUT2D eigenvalue weighted by Crippen LogP contribution is 2.28. The molecule has 0 unspecified atom stereocenters. The summed E-state index contributed by atoms with van der Waals surface area (Å²) in [7, 11) is 0. The number of rotatable bonds is 6. The van der Waals surface area contributed by atoms with Crippen molar-refractivity contribution in [1.29, 1.82) is 0 Å². The predicted octanol–water partition coefficient (Wildman–Crippen LogP) is 5.42. The predicted molar refractivity (Wildman–Crippen MR) is 144 cm³/mol. The van der Waals surface area contributed by atoms with Crippen LogP contribution in [0.25, 0.3) is 17.0 Å². The molecule has 0 atom stereocenters. The lowest BCUT2D eigenvalue weighted by molar-refractivity contribution is 0.104. The van der Waals surface area contributed by atoms with E-state index in [1.54, 1.807) is 36.4 Å². The number of morpholine rings is 1. The van der Waals surface area contributed by atoms with Crippen molar-refractivity contribution in [1.82, 2.24) is 10.3 Å². The number of ether oxygens (including phenoxy) is 1. The molecule has 36 heavy (non-hydrogen) atoms. The lowest BCUT2D eigenvalue weighted by atomic mass is 9.96. The number of ketones is 1. The van der Waals surface area contributed by atoms with E-state index < -0.39 is 0 Å². The van der Waals surface area contributed by atoms with Crippen LogP contribution in [0.3, 0.4) is 0 Å². The minimum atomic E-state index is -0.195. The number of urea groups is 1. The molecule has 2 fully saturated rings. The molecule has 5 rings (SSSR count). The van der Waals surface area contributed by atoms with Gasteiger partial charge in [0.25, 0.3) is 0 Å². The van der Waals surface area contributed by atoms with E-state index in [0.717, 1.165) is 48.2 Å². The molecule has 7 nitrogen and oxygen atoms in total. The third-order valence-electron chi connectivity index (χ3n) is 6.84. The van der Waals surface area contributed by atoms with E-state index in [1.165, 1.54) is 19.3 Å². The van der Waals surface area contributed by atoms with Gasteiger partial charge >= 0.3 is 6.03 Å². The molecule has 1 aliphatic heterocycles. The van der Waals surface area contributed by atoms with Crippen LogP contribution in [0, 0.1) is 0 Å². The van der Waals surface area contributed by atoms with E-state index in [4.69, 9.17) is 9.72 Å². The zero-order valence-electron chi connectivity index (χ0n) is 20.4. The lowest BCUT2D eigenvalue weighted by Gasteiger charge is -2.30. The molecule has 1 saturated heterocycles. The molecule has 186 valence electrons. The Labute approximate surface area is 211 Å². The number of hydrogen-bond donors (Lipinski definition) is 2. The highest BCUT2D eigenvalue weighted by Gasteiger charge is 2.17. The molecule has 7 heteroatoms. The SMILES string of the molecule is O=C(Nc1ccc(C(=O)/C=C/c2cc(N3CCOCC3)c3ccccc3n2)cc1)NC1CCCCC1. The fourth-order valence-corrected chi connectivity index (χ4v) is 4.90. The number of amides is 2. The number of aromatic nitrogens is 1. The van der Waals surface area contributed by atoms with E-state index in [-0.39, 0.29) is 17.9 Å². The van der Waals surface area contributed by atoms with Gasteiger partial charge in [0.15, 0.2) is 5.78 Å². The highest BCUT2D eigenvalue weighted by molar-refractivity contribution is 6.07. The molecule has 0 bridgehead atoms. The Morgan fingerprint density at radius 3 is 2.50 bits per heavy atom. The van der Waals surface area contributed by atoms with Crippen molar-refractivity contribution in [3.8, 4) is 0 Å². The van der Waals surface area contributed by atoms with E-state index in [9.17, 15) is 9.59 Å². The molecule has 0 radical (unpaired) electrons. The van der Waals surface area contributed by atoms with Gasteiger partial charge in [0, 0.05) is 41.5 Å². The first-order valence-corrected chi connectivity index (χ1v) is 12.8. The number of fused-ring (bicyclic) bond motifs is 1. The molecule has 1 saturated carbocycles. The summed E-state index contributed by atoms with van der Waals surface area (Å²) in [5.74, 6) is -0.115. The number of nitrogens with zero attached hydrogens (tertiary/aromatic N) is 2. The molecule has 2 aliphatic rings. The van der Waals surface area contributed by atoms with Crippen LogP contribution >= 0.6 is 0 Å². The Morgan fingerprint density at radius 2 is 1.72 bits per heavy atom. The summed E-state index contributed by atoms with van der Waals surface area (Å²) in [5.41, 5.74) is 3.96. The van der Waals surface area contributed by atoms with Crippen LogP contribution in [0.15, 0.2) is 60.7 Å². The van der Waals surface area contributed by atoms with Crippen LogP contribution in [-0.4, -0.2) is 49.1 Å². The van der Waals surface area contributed by atoms with Crippen molar-refractivity contribution in [2.75, 3.05) is 36.5 Å². The maximum absolute atomic E-state index is 12.8. The molecular weight excluding hydrogens is 452 g/mol. The summed E-state index contributed by atoms with van der Waals surface area (Å²) < 4.78 is 5.51. The van der Waals surface area contributed by atoms with Gasteiger partial charge in [0.05, 0.1) is 24.4 Å². The van der Waals surface area contributed by atoms with Crippen molar-refractivity contribution in [3.05, 3.63) is 71.9 Å². The standard InChI is InChI=1S/C29H32N4O3/c34-28(21-10-12-23(13-11-21)32-29(35)31-22-6-2-1-3-7-22)15-14-24-20-27(33-16-18-36-19-17-33)25-8-4-5-9-26(25)30-24/h4-5,8-15,20,22H,1-3,6-7,16-19H2,(H2,31,32,35)/b15-14+. The second kappa shape index (κ2) is 11.4. The summed E-state index contributed by atoms with van der Waals surface area (Å²) in [5, 5.41) is 7.00. The third-order valence-corrected chi connectivity index (χ3v) is 6.84. The average molecular weight is 485 g/mol. The van der Waals surface area contributed by atoms with Crippen LogP contribution in [0.4, 0.5) is 16.2 Å². The largest absolute Gasteiger partial charge is 0.378 e. The van der Waals surface area contributed by atoms with E-state index in [2.05, 4.69) is 21.6 Å². The molecule has 1 aromatic heterocycles. The first-order chi connectivity index (χ1) is 17.7. The second-order valence-electron chi connectivity index (χ2n) is 9.39. The van der Waals surface area contributed by atoms with Gasteiger partial charge in [-0.15, -0.1) is 0 Å². The van der Waals surface area contributed by atoms with E-state index >= 15 is 0 Å². The van der Waals surface area contributed by atoms with Crippen molar-refractivity contribution in [3.63, 3.8) is 0 Å². The Kier molecular flexibility index (Phi) is 7.57. The summed E-state index contributed by atoms with van der Waals surface area (Å²) in [6, 6.07) is 17.1. The first-order valence-electron chi connectivity index (χ1n) is 12.8. The van der Waals surface area contributed by atoms with Crippen molar-refractivity contribution in [2.24, 2.45) is 0 Å². The van der Waals surface area contributed by atoms with Gasteiger partial charge < -0.3 is 20.3 Å². The first kappa shape index (κ1) is 24.0. The Bertz CT molecular complexity index is 1240. The number of nitrogens with one attached hydrogen (secondary N) is 2. The lowest BCUT2D eigenvalue weighted by Crippen LogP contribution is -2.39. The summed E-state index contributed by atoms with van der Waals surface area (Å²) >= 11 is 0. The number of hydrogen-bond acceptors (Lipinski definition) is 5. The fraction of sp³-hybridized carbons (Fsp3) is 0.345. The van der Waals surface area contributed by atoms with E-state index in [1.807, 2.05) is 24.3 Å². The molecule has 1 aliphatic carbocycles. The number of carbonyl (C=O) groups is 2. The second-order valence-corrected chi connectivity index (χ2v) is 9.39. The highest BCUT2D eigenvalue weighted by atomic mass is 16.5. The van der Waals surface area contributed by atoms with E-state index in [0.29, 0.717) is 24.5 Å². The van der Waals surface area contributed by atoms with Crippen molar-refractivity contribution in [2.45, 2.75) is 38.1 Å². The average Bonchev–Trinajstić information content (AvgIpc) is 2.92. The molecular formula is C29H32N4O3. The van der Waals surface area contributed by atoms with Crippen LogP contribution < -0.4 is 15.5 Å². The maximum atomic E-state index is 12.8. The molecule has 0 spiro atoms. The van der Waals surface area contributed by atoms with Crippen LogP contribution in [0.5, 0.6) is 0 Å². The normalized spacial score (nSPS) is 16.8. The number of benzene rings is 2. The zero-order chi connectivity index (χ0) is 24.7. The topological polar surface area (TPSA) is 83.6 Å². The third kappa shape index (κ3) is 5.91. The van der Waals surface area contributed by atoms with Gasteiger partial charge in [-0.1, -0.05) is 37.5 Å². The van der Waals surface area contributed by atoms with Crippen molar-refractivity contribution >= 4 is 40.2 Å². The number of pyridine rings is 1. The Hall–Kier alpha value is -3.71. The number of anilines is 2. The monoisotopic (exact) mass is 484 g/mol. The van der Waals surface area contributed by atoms with Gasteiger partial charge in [0.1, 0.15) is 0 Å². The number of allylic oxidation sites excluding steroid dienone is 1. The fourth-order valence-electron chi connectivity index (χ4n) is 4.90. The number of carbonyl (C=O) groups excluding carboxylic acids is 2. The minimum absolute atomic E-state index is 0.115. The van der Waals surface area contributed by atoms with Gasteiger partial charge in [-0.3, -0.25) is 4.79 Å². The summed E-state index contributed by atoms with van der Waals surface area (Å²) in [6.45, 7) is 3.06. The molecule has 2 aromatic carbocycles. The van der Waals surface area contributed by atoms with Gasteiger partial charge in [-0.25, -0.2) is 9.78 Å².